The van der Waals surface area contributed by atoms with Crippen LogP contribution in [0.5, 0.6) is 0 Å². The largest absolute Gasteiger partial charge is 0.307 e. The van der Waals surface area contributed by atoms with E-state index in [0.29, 0.717) is 11.7 Å². The van der Waals surface area contributed by atoms with E-state index in [-0.39, 0.29) is 5.88 Å². The highest BCUT2D eigenvalue weighted by Crippen LogP contribution is 2.02. The molecule has 68 valence electrons. The van der Waals surface area contributed by atoms with Crippen LogP contribution in [-0.2, 0) is 9.84 Å². The van der Waals surface area contributed by atoms with Gasteiger partial charge in [-0.05, 0) is 19.4 Å². The summed E-state index contributed by atoms with van der Waals surface area (Å²) in [6, 6.07) is 0. The van der Waals surface area contributed by atoms with Crippen LogP contribution in [0.25, 0.3) is 0 Å². The van der Waals surface area contributed by atoms with Gasteiger partial charge in [0.1, 0.15) is 0 Å². The van der Waals surface area contributed by atoms with Gasteiger partial charge in [0.25, 0.3) is 0 Å². The maximum Gasteiger partial charge on any atom is 0.163 e. The number of rotatable bonds is 5. The molecule has 0 radical (unpaired) electrons. The summed E-state index contributed by atoms with van der Waals surface area (Å²) < 4.78 is 22.1. The van der Waals surface area contributed by atoms with Gasteiger partial charge in [0.2, 0.25) is 0 Å². The van der Waals surface area contributed by atoms with E-state index in [0.717, 1.165) is 6.42 Å². The molecule has 0 atom stereocenters. The lowest BCUT2D eigenvalue weighted by Crippen LogP contribution is -2.22. The van der Waals surface area contributed by atoms with Crippen LogP contribution in [-0.4, -0.2) is 27.1 Å². The minimum atomic E-state index is -2.84. The number of sulfone groups is 1. The molecule has 1 N–H and O–H groups in total. The third-order valence-electron chi connectivity index (χ3n) is 1.37. The summed E-state index contributed by atoms with van der Waals surface area (Å²) in [5.74, 6) is 0.854. The molecular formula is C7H17NO2S. The molecular weight excluding hydrogens is 162 g/mol. The fourth-order valence-electron chi connectivity index (χ4n) is 0.707. The van der Waals surface area contributed by atoms with Crippen molar-refractivity contribution < 1.29 is 8.42 Å². The van der Waals surface area contributed by atoms with Crippen LogP contribution in [0.2, 0.25) is 0 Å². The second-order valence-corrected chi connectivity index (χ2v) is 5.31. The Bertz CT molecular complexity index is 185. The van der Waals surface area contributed by atoms with Gasteiger partial charge in [-0.25, -0.2) is 8.42 Å². The predicted molar refractivity (Wildman–Crippen MR) is 47.2 cm³/mol. The molecule has 0 aliphatic rings. The van der Waals surface area contributed by atoms with E-state index in [9.17, 15) is 8.42 Å². The van der Waals surface area contributed by atoms with Gasteiger partial charge in [0.05, 0.1) is 11.6 Å². The van der Waals surface area contributed by atoms with Crippen molar-refractivity contribution in [1.82, 2.24) is 5.32 Å². The van der Waals surface area contributed by atoms with Crippen LogP contribution >= 0.6 is 0 Å². The highest BCUT2D eigenvalue weighted by atomic mass is 32.2. The van der Waals surface area contributed by atoms with Crippen molar-refractivity contribution in [1.29, 1.82) is 0 Å². The minimum absolute atomic E-state index is 0.0969. The number of hydrogen-bond acceptors (Lipinski definition) is 3. The van der Waals surface area contributed by atoms with Crippen molar-refractivity contribution in [3.05, 3.63) is 0 Å². The summed E-state index contributed by atoms with van der Waals surface area (Å²) in [5.41, 5.74) is 0. The van der Waals surface area contributed by atoms with Crippen LogP contribution in [0.4, 0.5) is 0 Å². The van der Waals surface area contributed by atoms with Crippen molar-refractivity contribution in [3.63, 3.8) is 0 Å². The van der Waals surface area contributed by atoms with Gasteiger partial charge in [-0.3, -0.25) is 0 Å². The Balaban J connectivity index is 3.74. The quantitative estimate of drug-likeness (QED) is 0.673. The second kappa shape index (κ2) is 4.72. The van der Waals surface area contributed by atoms with Gasteiger partial charge in [-0.1, -0.05) is 13.8 Å². The summed E-state index contributed by atoms with van der Waals surface area (Å²) in [4.78, 5) is 0. The van der Waals surface area contributed by atoms with Crippen molar-refractivity contribution in [3.8, 4) is 0 Å². The van der Waals surface area contributed by atoms with Crippen LogP contribution in [0.15, 0.2) is 0 Å². The lowest BCUT2D eigenvalue weighted by molar-refractivity contribution is 0.570. The van der Waals surface area contributed by atoms with Crippen molar-refractivity contribution >= 4 is 9.84 Å². The number of hydrogen-bond donors (Lipinski definition) is 1. The first-order valence-corrected chi connectivity index (χ1v) is 5.65. The molecule has 0 heterocycles. The highest BCUT2D eigenvalue weighted by Gasteiger charge is 2.09. The molecule has 0 saturated carbocycles. The van der Waals surface area contributed by atoms with Crippen molar-refractivity contribution in [2.45, 2.75) is 20.3 Å². The van der Waals surface area contributed by atoms with Gasteiger partial charge in [0.15, 0.2) is 9.84 Å². The van der Waals surface area contributed by atoms with E-state index in [1.807, 2.05) is 13.8 Å². The zero-order chi connectivity index (χ0) is 8.91. The summed E-state index contributed by atoms with van der Waals surface area (Å²) in [6.45, 7) is 4.05. The molecule has 0 spiro atoms. The molecule has 0 rings (SSSR count). The van der Waals surface area contributed by atoms with Gasteiger partial charge in [-0.15, -0.1) is 0 Å². The lowest BCUT2D eigenvalue weighted by atomic mass is 10.2. The number of nitrogens with one attached hydrogen (secondary N) is 1. The molecule has 0 aliphatic carbocycles. The van der Waals surface area contributed by atoms with Gasteiger partial charge < -0.3 is 5.32 Å². The van der Waals surface area contributed by atoms with Crippen molar-refractivity contribution in [2.75, 3.05) is 18.7 Å². The van der Waals surface area contributed by atoms with Crippen LogP contribution in [0.1, 0.15) is 20.3 Å². The van der Waals surface area contributed by atoms with Gasteiger partial charge >= 0.3 is 0 Å². The Morgan fingerprint density at radius 1 is 1.36 bits per heavy atom. The second-order valence-electron chi connectivity index (χ2n) is 3.13. The first kappa shape index (κ1) is 10.9. The molecule has 0 saturated heterocycles. The fourth-order valence-corrected chi connectivity index (χ4v) is 2.12. The maximum atomic E-state index is 11.1. The van der Waals surface area contributed by atoms with E-state index in [2.05, 4.69) is 5.32 Å². The maximum absolute atomic E-state index is 11.1. The van der Waals surface area contributed by atoms with E-state index in [1.54, 1.807) is 7.05 Å². The van der Waals surface area contributed by atoms with E-state index < -0.39 is 9.84 Å². The molecule has 0 aromatic rings. The molecule has 3 nitrogen and oxygen atoms in total. The smallest absolute Gasteiger partial charge is 0.163 e. The first-order valence-electron chi connectivity index (χ1n) is 3.83. The Hall–Kier alpha value is -0.0900. The monoisotopic (exact) mass is 179 g/mol. The molecule has 0 aromatic heterocycles. The van der Waals surface area contributed by atoms with Gasteiger partial charge in [0, 0.05) is 0 Å². The minimum Gasteiger partial charge on any atom is -0.307 e. The van der Waals surface area contributed by atoms with Crippen LogP contribution in [0, 0.1) is 5.92 Å². The third-order valence-corrected chi connectivity index (χ3v) is 2.96. The average molecular weight is 179 g/mol. The van der Waals surface area contributed by atoms with E-state index in [4.69, 9.17) is 0 Å². The zero-order valence-electron chi connectivity index (χ0n) is 7.42. The Kier molecular flexibility index (Phi) is 4.68. The molecule has 0 aromatic carbocycles. The SMILES string of the molecule is CNCS(=O)(=O)CCC(C)C. The van der Waals surface area contributed by atoms with Gasteiger partial charge in [-0.2, -0.15) is 0 Å². The Morgan fingerprint density at radius 3 is 2.27 bits per heavy atom. The molecule has 0 bridgehead atoms. The average Bonchev–Trinajstić information content (AvgIpc) is 1.84. The normalized spacial score (nSPS) is 12.4. The molecule has 0 fully saturated rings. The summed E-state index contributed by atoms with van der Waals surface area (Å²) in [6.07, 6.45) is 0.754. The van der Waals surface area contributed by atoms with Crippen LogP contribution < -0.4 is 5.32 Å². The fraction of sp³-hybridized carbons (Fsp3) is 1.00. The first-order chi connectivity index (χ1) is 4.98. The Labute approximate surface area is 69.1 Å². The van der Waals surface area contributed by atoms with Crippen LogP contribution in [0.3, 0.4) is 0 Å². The molecule has 11 heavy (non-hydrogen) atoms. The van der Waals surface area contributed by atoms with E-state index in [1.165, 1.54) is 0 Å². The zero-order valence-corrected chi connectivity index (χ0v) is 8.24. The topological polar surface area (TPSA) is 46.2 Å². The summed E-state index contributed by atoms with van der Waals surface area (Å²) in [5, 5.41) is 2.64. The molecule has 0 aliphatic heterocycles. The van der Waals surface area contributed by atoms with Crippen molar-refractivity contribution in [2.24, 2.45) is 5.92 Å². The summed E-state index contributed by atoms with van der Waals surface area (Å²) >= 11 is 0. The lowest BCUT2D eigenvalue weighted by Gasteiger charge is -2.04. The molecule has 0 unspecified atom stereocenters. The standard InChI is InChI=1S/C7H17NO2S/c1-7(2)4-5-11(9,10)6-8-3/h7-8H,4-6H2,1-3H3. The third kappa shape index (κ3) is 6.31. The summed E-state index contributed by atoms with van der Waals surface area (Å²) in [7, 11) is -1.19. The highest BCUT2D eigenvalue weighted by molar-refractivity contribution is 7.91. The Morgan fingerprint density at radius 2 is 1.91 bits per heavy atom. The molecule has 4 heteroatoms. The predicted octanol–water partition coefficient (Wildman–Crippen LogP) is 0.624. The van der Waals surface area contributed by atoms with E-state index >= 15 is 0 Å². The molecule has 0 amide bonds.